The summed E-state index contributed by atoms with van der Waals surface area (Å²) >= 11 is 0. The minimum atomic E-state index is -0.259. The standard InChI is InChI=1S/C27H25N3O4/c1-17-12-13-18(2)22(14-17)28-24(31)16-29-27-21(26(32)30(29)20-9-5-4-6-10-20)15-19-8-7-11-23(33-3)25(19)34-27/h4-14H,15-16H2,1-3H3,(H,28,31). The van der Waals surface area contributed by atoms with Gasteiger partial charge in [0, 0.05) is 17.7 Å². The summed E-state index contributed by atoms with van der Waals surface area (Å²) in [5.74, 6) is 1.23. The Morgan fingerprint density at radius 2 is 1.85 bits per heavy atom. The first-order valence-corrected chi connectivity index (χ1v) is 11.1. The maximum atomic E-state index is 13.5. The first kappa shape index (κ1) is 21.6. The van der Waals surface area contributed by atoms with Crippen LogP contribution in [0.3, 0.4) is 0 Å². The number of fused-ring (bicyclic) bond motifs is 2. The summed E-state index contributed by atoms with van der Waals surface area (Å²) in [5, 5.41) is 2.98. The number of rotatable bonds is 5. The summed E-state index contributed by atoms with van der Waals surface area (Å²) in [6.07, 6.45) is 0.388. The van der Waals surface area contributed by atoms with Crippen LogP contribution in [0.2, 0.25) is 0 Å². The molecule has 3 aromatic carbocycles. The molecule has 0 saturated carbocycles. The van der Waals surface area contributed by atoms with Crippen LogP contribution in [-0.4, -0.2) is 22.4 Å². The Hall–Kier alpha value is -4.26. The van der Waals surface area contributed by atoms with E-state index in [1.807, 2.05) is 80.6 Å². The summed E-state index contributed by atoms with van der Waals surface area (Å²) in [5.41, 5.74) is 4.56. The highest BCUT2D eigenvalue weighted by Crippen LogP contribution is 2.41. The molecule has 5 rings (SSSR count). The van der Waals surface area contributed by atoms with Gasteiger partial charge in [-0.1, -0.05) is 42.5 Å². The zero-order valence-corrected chi connectivity index (χ0v) is 19.3. The van der Waals surface area contributed by atoms with Gasteiger partial charge >= 0.3 is 0 Å². The molecule has 0 fully saturated rings. The summed E-state index contributed by atoms with van der Waals surface area (Å²) < 4.78 is 14.8. The summed E-state index contributed by atoms with van der Waals surface area (Å²) in [4.78, 5) is 26.7. The number of aromatic nitrogens is 2. The van der Waals surface area contributed by atoms with Gasteiger partial charge in [-0.15, -0.1) is 0 Å². The molecule has 1 aliphatic heterocycles. The van der Waals surface area contributed by atoms with Crippen LogP contribution in [0.1, 0.15) is 22.3 Å². The normalized spacial score (nSPS) is 11.9. The summed E-state index contributed by atoms with van der Waals surface area (Å²) in [6.45, 7) is 3.82. The van der Waals surface area contributed by atoms with Crippen molar-refractivity contribution >= 4 is 11.6 Å². The fourth-order valence-corrected chi connectivity index (χ4v) is 4.27. The molecule has 0 radical (unpaired) electrons. The van der Waals surface area contributed by atoms with Crippen LogP contribution >= 0.6 is 0 Å². The lowest BCUT2D eigenvalue weighted by molar-refractivity contribution is -0.117. The van der Waals surface area contributed by atoms with Crippen LogP contribution in [0.5, 0.6) is 17.4 Å². The third kappa shape index (κ3) is 3.75. The van der Waals surface area contributed by atoms with Crippen molar-refractivity contribution in [2.24, 2.45) is 0 Å². The van der Waals surface area contributed by atoms with Gasteiger partial charge in [0.15, 0.2) is 11.5 Å². The topological polar surface area (TPSA) is 74.5 Å². The molecule has 34 heavy (non-hydrogen) atoms. The average Bonchev–Trinajstić information content (AvgIpc) is 3.10. The van der Waals surface area contributed by atoms with Crippen molar-refractivity contribution in [1.29, 1.82) is 0 Å². The van der Waals surface area contributed by atoms with Gasteiger partial charge in [-0.25, -0.2) is 9.36 Å². The zero-order valence-electron chi connectivity index (χ0n) is 19.3. The molecule has 172 valence electrons. The molecular weight excluding hydrogens is 430 g/mol. The highest BCUT2D eigenvalue weighted by atomic mass is 16.5. The quantitative estimate of drug-likeness (QED) is 0.420. The van der Waals surface area contributed by atoms with E-state index in [0.29, 0.717) is 35.1 Å². The fourth-order valence-electron chi connectivity index (χ4n) is 4.27. The monoisotopic (exact) mass is 455 g/mol. The Labute approximate surface area is 197 Å². The number of nitrogens with zero attached hydrogens (tertiary/aromatic N) is 2. The summed E-state index contributed by atoms with van der Waals surface area (Å²) in [7, 11) is 1.58. The molecule has 0 spiro atoms. The number of para-hydroxylation sites is 2. The fraction of sp³-hybridized carbons (Fsp3) is 0.185. The van der Waals surface area contributed by atoms with E-state index >= 15 is 0 Å². The zero-order chi connectivity index (χ0) is 23.8. The Morgan fingerprint density at radius 3 is 2.62 bits per heavy atom. The second-order valence-corrected chi connectivity index (χ2v) is 8.39. The van der Waals surface area contributed by atoms with Crippen molar-refractivity contribution in [1.82, 2.24) is 9.36 Å². The minimum Gasteiger partial charge on any atom is -0.493 e. The molecule has 0 bridgehead atoms. The van der Waals surface area contributed by atoms with E-state index in [0.717, 1.165) is 22.4 Å². The lowest BCUT2D eigenvalue weighted by atomic mass is 10.0. The van der Waals surface area contributed by atoms with Crippen molar-refractivity contribution < 1.29 is 14.3 Å². The number of hydrogen-bond donors (Lipinski definition) is 1. The van der Waals surface area contributed by atoms with E-state index < -0.39 is 0 Å². The van der Waals surface area contributed by atoms with Crippen LogP contribution < -0.4 is 20.3 Å². The van der Waals surface area contributed by atoms with Crippen LogP contribution in [0, 0.1) is 13.8 Å². The summed E-state index contributed by atoms with van der Waals surface area (Å²) in [6, 6.07) is 20.8. The minimum absolute atomic E-state index is 0.0999. The number of benzene rings is 3. The second kappa shape index (κ2) is 8.59. The molecule has 7 nitrogen and oxygen atoms in total. The van der Waals surface area contributed by atoms with Crippen molar-refractivity contribution in [2.75, 3.05) is 12.4 Å². The molecule has 0 aliphatic carbocycles. The maximum Gasteiger partial charge on any atom is 0.278 e. The van der Waals surface area contributed by atoms with Gasteiger partial charge in [-0.05, 0) is 49.2 Å². The van der Waals surface area contributed by atoms with Crippen LogP contribution in [0.25, 0.3) is 5.69 Å². The molecule has 1 N–H and O–H groups in total. The van der Waals surface area contributed by atoms with E-state index in [9.17, 15) is 9.59 Å². The number of carbonyl (C=O) groups excluding carboxylic acids is 1. The van der Waals surface area contributed by atoms with Crippen molar-refractivity contribution in [2.45, 2.75) is 26.8 Å². The van der Waals surface area contributed by atoms with Crippen molar-refractivity contribution in [3.05, 3.63) is 99.3 Å². The van der Waals surface area contributed by atoms with Crippen molar-refractivity contribution in [3.8, 4) is 23.1 Å². The molecule has 1 amide bonds. The number of hydrogen-bond acceptors (Lipinski definition) is 4. The Morgan fingerprint density at radius 1 is 1.06 bits per heavy atom. The van der Waals surface area contributed by atoms with E-state index in [2.05, 4.69) is 5.32 Å². The first-order chi connectivity index (χ1) is 16.5. The number of carbonyl (C=O) groups is 1. The van der Waals surface area contributed by atoms with Gasteiger partial charge in [-0.3, -0.25) is 9.59 Å². The molecular formula is C27H25N3O4. The highest BCUT2D eigenvalue weighted by Gasteiger charge is 2.30. The molecule has 2 heterocycles. The lowest BCUT2D eigenvalue weighted by Crippen LogP contribution is -2.27. The molecule has 0 atom stereocenters. The van der Waals surface area contributed by atoms with E-state index in [4.69, 9.17) is 9.47 Å². The number of aryl methyl sites for hydroxylation is 2. The van der Waals surface area contributed by atoms with Gasteiger partial charge in [-0.2, -0.15) is 0 Å². The number of ether oxygens (including phenoxy) is 2. The maximum absolute atomic E-state index is 13.5. The van der Waals surface area contributed by atoms with Crippen LogP contribution in [0.4, 0.5) is 5.69 Å². The molecule has 1 aliphatic rings. The molecule has 0 saturated heterocycles. The van der Waals surface area contributed by atoms with E-state index in [1.165, 1.54) is 4.68 Å². The molecule has 4 aromatic rings. The van der Waals surface area contributed by atoms with Crippen LogP contribution in [-0.2, 0) is 17.8 Å². The largest absolute Gasteiger partial charge is 0.493 e. The van der Waals surface area contributed by atoms with E-state index in [1.54, 1.807) is 11.8 Å². The van der Waals surface area contributed by atoms with E-state index in [-0.39, 0.29) is 18.0 Å². The third-order valence-corrected chi connectivity index (χ3v) is 5.99. The molecule has 0 unspecified atom stereocenters. The Bertz CT molecular complexity index is 1450. The Kier molecular flexibility index (Phi) is 5.45. The van der Waals surface area contributed by atoms with Crippen molar-refractivity contribution in [3.63, 3.8) is 0 Å². The predicted molar refractivity (Wildman–Crippen MR) is 130 cm³/mol. The van der Waals surface area contributed by atoms with Gasteiger partial charge in [0.2, 0.25) is 11.8 Å². The number of amides is 1. The SMILES string of the molecule is COc1cccc2c1Oc1c(c(=O)n(-c3ccccc3)n1CC(=O)Nc1cc(C)ccc1C)C2. The van der Waals surface area contributed by atoms with Gasteiger partial charge < -0.3 is 14.8 Å². The third-order valence-electron chi connectivity index (χ3n) is 5.99. The van der Waals surface area contributed by atoms with Crippen LogP contribution in [0.15, 0.2) is 71.5 Å². The van der Waals surface area contributed by atoms with Gasteiger partial charge in [0.05, 0.1) is 18.4 Å². The Balaban J connectivity index is 1.59. The number of methoxy groups -OCH3 is 1. The second-order valence-electron chi connectivity index (χ2n) is 8.39. The number of anilines is 1. The van der Waals surface area contributed by atoms with Gasteiger partial charge in [0.25, 0.3) is 5.56 Å². The molecule has 7 heteroatoms. The smallest absolute Gasteiger partial charge is 0.278 e. The average molecular weight is 456 g/mol. The predicted octanol–water partition coefficient (Wildman–Crippen LogP) is 4.60. The lowest BCUT2D eigenvalue weighted by Gasteiger charge is -2.21. The molecule has 1 aromatic heterocycles. The highest BCUT2D eigenvalue weighted by molar-refractivity contribution is 5.91. The van der Waals surface area contributed by atoms with Gasteiger partial charge in [0.1, 0.15) is 6.54 Å². The first-order valence-electron chi connectivity index (χ1n) is 11.1. The number of nitrogens with one attached hydrogen (secondary N) is 1.